The number of methoxy groups -OCH3 is 1. The number of carbonyl (C=O) groups is 1. The lowest BCUT2D eigenvalue weighted by Gasteiger charge is -2.18. The van der Waals surface area contributed by atoms with Crippen LogP contribution in [-0.4, -0.2) is 31.0 Å². The van der Waals surface area contributed by atoms with Gasteiger partial charge in [-0.05, 0) is 25.1 Å². The van der Waals surface area contributed by atoms with Crippen molar-refractivity contribution in [2.75, 3.05) is 14.2 Å². The summed E-state index contributed by atoms with van der Waals surface area (Å²) < 4.78 is 4.97. The van der Waals surface area contributed by atoms with Gasteiger partial charge in [0.15, 0.2) is 0 Å². The Morgan fingerprint density at radius 2 is 2.00 bits per heavy atom. The number of nitrogens with zero attached hydrogens (tertiary/aromatic N) is 1. The van der Waals surface area contributed by atoms with E-state index < -0.39 is 0 Å². The average Bonchev–Trinajstić information content (AvgIpc) is 2.21. The fraction of sp³-hybridized carbons (Fsp3) is 0.462. The Hall–Kier alpha value is -1.51. The number of hydrogen-bond acceptors (Lipinski definition) is 2. The van der Waals surface area contributed by atoms with Crippen LogP contribution in [0.5, 0.6) is 5.75 Å². The van der Waals surface area contributed by atoms with Gasteiger partial charge in [0.2, 0.25) is 5.91 Å². The second-order valence-electron chi connectivity index (χ2n) is 4.14. The summed E-state index contributed by atoms with van der Waals surface area (Å²) in [6, 6.07) is 6.51. The van der Waals surface area contributed by atoms with Gasteiger partial charge in [0.05, 0.1) is 7.11 Å². The molecule has 0 fully saturated rings. The smallest absolute Gasteiger partial charge is 0.219 e. The molecule has 0 saturated carbocycles. The molecule has 2 rings (SSSR count). The Kier molecular flexibility index (Phi) is 3.93. The van der Waals surface area contributed by atoms with Crippen molar-refractivity contribution in [1.82, 2.24) is 4.90 Å². The minimum absolute atomic E-state index is 0.125. The number of rotatable bonds is 2. The standard InChI is InChI=1S/C7H6O.C6H13NO/c1-8-7-4-5-2-3-6(5)7;1-5(2)7(4)6(3)8/h2-4H,1H3;5H,1-4H3. The highest BCUT2D eigenvalue weighted by Gasteiger charge is 2.04. The predicted octanol–water partition coefficient (Wildman–Crippen LogP) is 2.17. The van der Waals surface area contributed by atoms with E-state index in [-0.39, 0.29) is 5.91 Å². The van der Waals surface area contributed by atoms with Gasteiger partial charge in [0.25, 0.3) is 0 Å². The molecule has 0 bridgehead atoms. The van der Waals surface area contributed by atoms with Crippen molar-refractivity contribution in [3.8, 4) is 5.75 Å². The van der Waals surface area contributed by atoms with E-state index in [0.717, 1.165) is 5.75 Å². The van der Waals surface area contributed by atoms with Crippen LogP contribution in [0.25, 0.3) is 0 Å². The molecule has 0 spiro atoms. The Labute approximate surface area is 96.3 Å². The molecule has 3 nitrogen and oxygen atoms in total. The van der Waals surface area contributed by atoms with Crippen LogP contribution in [0.2, 0.25) is 0 Å². The van der Waals surface area contributed by atoms with Crippen molar-refractivity contribution in [2.45, 2.75) is 26.8 Å². The van der Waals surface area contributed by atoms with Gasteiger partial charge in [-0.2, -0.15) is 0 Å². The first-order valence-electron chi connectivity index (χ1n) is 5.39. The molecule has 0 unspecified atom stereocenters. The van der Waals surface area contributed by atoms with Gasteiger partial charge in [0.1, 0.15) is 5.75 Å². The van der Waals surface area contributed by atoms with Crippen LogP contribution in [0, 0.1) is 10.4 Å². The summed E-state index contributed by atoms with van der Waals surface area (Å²) in [5.41, 5.74) is 0. The zero-order chi connectivity index (χ0) is 12.3. The van der Waals surface area contributed by atoms with Crippen molar-refractivity contribution >= 4 is 5.91 Å². The summed E-state index contributed by atoms with van der Waals surface area (Å²) in [7, 11) is 3.49. The van der Waals surface area contributed by atoms with Crippen LogP contribution < -0.4 is 4.74 Å². The maximum Gasteiger partial charge on any atom is 0.219 e. The number of benzene rings is 1. The van der Waals surface area contributed by atoms with Gasteiger partial charge in [-0.3, -0.25) is 4.79 Å². The van der Waals surface area contributed by atoms with Gasteiger partial charge >= 0.3 is 0 Å². The van der Waals surface area contributed by atoms with E-state index in [1.54, 1.807) is 26.0 Å². The second kappa shape index (κ2) is 5.01. The molecule has 2 aliphatic rings. The second-order valence-corrected chi connectivity index (χ2v) is 4.14. The molecule has 0 atom stereocenters. The summed E-state index contributed by atoms with van der Waals surface area (Å²) in [6.07, 6.45) is 0. The van der Waals surface area contributed by atoms with Gasteiger partial charge < -0.3 is 9.64 Å². The Bertz CT molecular complexity index is 465. The molecule has 16 heavy (non-hydrogen) atoms. The Morgan fingerprint density at radius 1 is 1.38 bits per heavy atom. The molecule has 0 aromatic rings. The minimum Gasteiger partial charge on any atom is -0.496 e. The van der Waals surface area contributed by atoms with Gasteiger partial charge in [-0.1, -0.05) is 12.1 Å². The van der Waals surface area contributed by atoms with Crippen LogP contribution >= 0.6 is 0 Å². The predicted molar refractivity (Wildman–Crippen MR) is 64.2 cm³/mol. The molecule has 88 valence electrons. The highest BCUT2D eigenvalue weighted by atomic mass is 16.5. The van der Waals surface area contributed by atoms with Crippen molar-refractivity contribution in [2.24, 2.45) is 0 Å². The third-order valence-corrected chi connectivity index (χ3v) is 2.78. The first-order valence-corrected chi connectivity index (χ1v) is 5.39. The fourth-order valence-electron chi connectivity index (χ4n) is 1.29. The number of hydrogen-bond donors (Lipinski definition) is 0. The molecule has 2 aliphatic carbocycles. The van der Waals surface area contributed by atoms with Crippen LogP contribution in [0.4, 0.5) is 0 Å². The van der Waals surface area contributed by atoms with Crippen molar-refractivity contribution in [3.05, 3.63) is 28.6 Å². The molecule has 0 radical (unpaired) electrons. The van der Waals surface area contributed by atoms with Crippen LogP contribution in [0.1, 0.15) is 20.8 Å². The van der Waals surface area contributed by atoms with Gasteiger partial charge in [-0.25, -0.2) is 0 Å². The minimum atomic E-state index is 0.125. The van der Waals surface area contributed by atoms with Crippen molar-refractivity contribution < 1.29 is 9.53 Å². The molecule has 0 aromatic heterocycles. The zero-order valence-electron chi connectivity index (χ0n) is 10.6. The molecule has 0 heterocycles. The van der Waals surface area contributed by atoms with Crippen LogP contribution in [-0.2, 0) is 4.79 Å². The molecular formula is C13H19NO2. The quantitative estimate of drug-likeness (QED) is 0.777. The monoisotopic (exact) mass is 221 g/mol. The number of ether oxygens (including phenoxy) is 1. The maximum atomic E-state index is 10.5. The van der Waals surface area contributed by atoms with Crippen molar-refractivity contribution in [3.63, 3.8) is 0 Å². The van der Waals surface area contributed by atoms with E-state index in [1.165, 1.54) is 10.4 Å². The van der Waals surface area contributed by atoms with Crippen molar-refractivity contribution in [1.29, 1.82) is 0 Å². The lowest BCUT2D eigenvalue weighted by molar-refractivity contribution is -0.128. The van der Waals surface area contributed by atoms with E-state index in [0.29, 0.717) is 6.04 Å². The number of amides is 1. The fourth-order valence-corrected chi connectivity index (χ4v) is 1.29. The first kappa shape index (κ1) is 12.6. The molecule has 0 aromatic carbocycles. The van der Waals surface area contributed by atoms with Crippen LogP contribution in [0.15, 0.2) is 18.2 Å². The summed E-state index contributed by atoms with van der Waals surface area (Å²) in [5.74, 6) is 1.16. The third-order valence-electron chi connectivity index (χ3n) is 2.78. The zero-order valence-corrected chi connectivity index (χ0v) is 10.6. The molecule has 0 aliphatic heterocycles. The van der Waals surface area contributed by atoms with E-state index in [2.05, 4.69) is 12.1 Å². The van der Waals surface area contributed by atoms with Gasteiger partial charge in [-0.15, -0.1) is 0 Å². The SMILES string of the molecule is CC(=O)N(C)C(C)C.COc1cc2ccc1=2. The summed E-state index contributed by atoms with van der Waals surface area (Å²) in [5, 5.41) is 2.62. The molecular weight excluding hydrogens is 202 g/mol. The summed E-state index contributed by atoms with van der Waals surface area (Å²) in [6.45, 7) is 5.54. The van der Waals surface area contributed by atoms with E-state index >= 15 is 0 Å². The van der Waals surface area contributed by atoms with E-state index in [1.807, 2.05) is 19.9 Å². The molecule has 3 heteroatoms. The highest BCUT2D eigenvalue weighted by molar-refractivity contribution is 5.73. The van der Waals surface area contributed by atoms with E-state index in [4.69, 9.17) is 4.74 Å². The number of carbonyl (C=O) groups excluding carboxylic acids is 1. The average molecular weight is 221 g/mol. The largest absolute Gasteiger partial charge is 0.496 e. The topological polar surface area (TPSA) is 29.5 Å². The van der Waals surface area contributed by atoms with Crippen LogP contribution in [0.3, 0.4) is 0 Å². The maximum absolute atomic E-state index is 10.5. The lowest BCUT2D eigenvalue weighted by Crippen LogP contribution is -2.30. The Morgan fingerprint density at radius 3 is 2.06 bits per heavy atom. The summed E-state index contributed by atoms with van der Waals surface area (Å²) in [4.78, 5) is 12.2. The lowest BCUT2D eigenvalue weighted by atomic mass is 10.1. The summed E-state index contributed by atoms with van der Waals surface area (Å²) >= 11 is 0. The van der Waals surface area contributed by atoms with E-state index in [9.17, 15) is 4.79 Å². The molecule has 0 N–H and O–H groups in total. The van der Waals surface area contributed by atoms with Gasteiger partial charge in [0, 0.05) is 25.2 Å². The third kappa shape index (κ3) is 2.54. The first-order chi connectivity index (χ1) is 7.47. The Balaban J connectivity index is 0.000000160. The molecule has 1 amide bonds. The molecule has 0 saturated heterocycles. The highest BCUT2D eigenvalue weighted by Crippen LogP contribution is 2.22. The normalized spacial score (nSPS) is 10.4.